The molecule has 5 heteroatoms. The Balaban J connectivity index is 2.50. The first-order valence-electron chi connectivity index (χ1n) is 4.53. The van der Waals surface area contributed by atoms with E-state index in [9.17, 15) is 9.18 Å². The normalized spacial score (nSPS) is 14.1. The summed E-state index contributed by atoms with van der Waals surface area (Å²) in [5, 5.41) is 0. The highest BCUT2D eigenvalue weighted by atomic mass is 79.9. The van der Waals surface area contributed by atoms with Crippen LogP contribution in [0.5, 0.6) is 0 Å². The molecule has 0 fully saturated rings. The minimum absolute atomic E-state index is 0.332. The lowest BCUT2D eigenvalue weighted by Gasteiger charge is -2.15. The summed E-state index contributed by atoms with van der Waals surface area (Å²) >= 11 is 4.68. The van der Waals surface area contributed by atoms with E-state index in [4.69, 9.17) is 0 Å². The molecule has 2 nitrogen and oxygen atoms in total. The quantitative estimate of drug-likeness (QED) is 0.745. The monoisotopic (exact) mass is 302 g/mol. The molecule has 0 saturated carbocycles. The molecule has 0 N–H and O–H groups in total. The van der Waals surface area contributed by atoms with Gasteiger partial charge >= 0.3 is 5.97 Å². The third-order valence-electron chi connectivity index (χ3n) is 2.24. The smallest absolute Gasteiger partial charge is 0.334 e. The first kappa shape index (κ1) is 11.7. The first-order valence-corrected chi connectivity index (χ1v) is 6.31. The van der Waals surface area contributed by atoms with E-state index in [1.165, 1.54) is 24.9 Å². The fourth-order valence-electron chi connectivity index (χ4n) is 1.43. The Labute approximate surface area is 105 Å². The lowest BCUT2D eigenvalue weighted by Crippen LogP contribution is -2.09. The van der Waals surface area contributed by atoms with E-state index in [2.05, 4.69) is 20.7 Å². The predicted molar refractivity (Wildman–Crippen MR) is 64.8 cm³/mol. The summed E-state index contributed by atoms with van der Waals surface area (Å²) in [5.74, 6) is -0.145. The lowest BCUT2D eigenvalue weighted by atomic mass is 10.1. The van der Waals surface area contributed by atoms with Crippen LogP contribution < -0.4 is 0 Å². The molecule has 16 heavy (non-hydrogen) atoms. The van der Waals surface area contributed by atoms with Crippen LogP contribution in [0.15, 0.2) is 27.1 Å². The molecule has 0 saturated heterocycles. The predicted octanol–water partition coefficient (Wildman–Crippen LogP) is 3.25. The van der Waals surface area contributed by atoms with Crippen LogP contribution >= 0.6 is 27.7 Å². The van der Waals surface area contributed by atoms with Gasteiger partial charge < -0.3 is 4.74 Å². The first-order chi connectivity index (χ1) is 7.63. The number of esters is 1. The molecule has 0 radical (unpaired) electrons. The van der Waals surface area contributed by atoms with Crippen LogP contribution in [0.4, 0.5) is 4.39 Å². The highest BCUT2D eigenvalue weighted by Gasteiger charge is 2.20. The number of carbonyl (C=O) groups excluding carboxylic acids is 1. The van der Waals surface area contributed by atoms with Crippen LogP contribution in [-0.4, -0.2) is 18.8 Å². The average molecular weight is 303 g/mol. The van der Waals surface area contributed by atoms with E-state index in [1.54, 1.807) is 12.1 Å². The van der Waals surface area contributed by atoms with Gasteiger partial charge in [-0.25, -0.2) is 9.18 Å². The van der Waals surface area contributed by atoms with Crippen molar-refractivity contribution < 1.29 is 13.9 Å². The Morgan fingerprint density at radius 2 is 2.31 bits per heavy atom. The molecule has 0 amide bonds. The van der Waals surface area contributed by atoms with Gasteiger partial charge in [0.25, 0.3) is 0 Å². The van der Waals surface area contributed by atoms with Gasteiger partial charge in [0, 0.05) is 21.8 Å². The molecule has 1 aromatic carbocycles. The molecule has 0 atom stereocenters. The summed E-state index contributed by atoms with van der Waals surface area (Å²) < 4.78 is 18.3. The van der Waals surface area contributed by atoms with Gasteiger partial charge in [0.05, 0.1) is 11.6 Å². The molecule has 1 aliphatic rings. The molecule has 1 aromatic rings. The third kappa shape index (κ3) is 2.01. The average Bonchev–Trinajstić information content (AvgIpc) is 2.32. The number of benzene rings is 1. The Bertz CT molecular complexity index is 485. The molecule has 2 rings (SSSR count). The van der Waals surface area contributed by atoms with Gasteiger partial charge in [0.15, 0.2) is 0 Å². The van der Waals surface area contributed by atoms with Crippen molar-refractivity contribution in [3.63, 3.8) is 0 Å². The molecule has 0 aromatic heterocycles. The second kappa shape index (κ2) is 4.59. The number of carbonyl (C=O) groups is 1. The van der Waals surface area contributed by atoms with Gasteiger partial charge in [-0.2, -0.15) is 0 Å². The second-order valence-electron chi connectivity index (χ2n) is 3.22. The van der Waals surface area contributed by atoms with Crippen molar-refractivity contribution in [2.24, 2.45) is 0 Å². The molecule has 0 unspecified atom stereocenters. The summed E-state index contributed by atoms with van der Waals surface area (Å²) in [7, 11) is 1.34. The number of ether oxygens (including phenoxy) is 1. The largest absolute Gasteiger partial charge is 0.466 e. The van der Waals surface area contributed by atoms with Crippen LogP contribution in [0.2, 0.25) is 0 Å². The van der Waals surface area contributed by atoms with Gasteiger partial charge in [-0.05, 0) is 34.1 Å². The van der Waals surface area contributed by atoms with Crippen LogP contribution in [-0.2, 0) is 9.53 Å². The molecule has 0 bridgehead atoms. The summed E-state index contributed by atoms with van der Waals surface area (Å²) in [4.78, 5) is 12.3. The summed E-state index contributed by atoms with van der Waals surface area (Å²) in [6.45, 7) is 0. The van der Waals surface area contributed by atoms with Crippen LogP contribution in [0.1, 0.15) is 5.56 Å². The summed E-state index contributed by atoms with van der Waals surface area (Å²) in [6, 6.07) is 3.12. The van der Waals surface area contributed by atoms with Gasteiger partial charge in [-0.15, -0.1) is 11.8 Å². The van der Waals surface area contributed by atoms with Crippen molar-refractivity contribution in [1.82, 2.24) is 0 Å². The number of methoxy groups -OCH3 is 1. The highest BCUT2D eigenvalue weighted by molar-refractivity contribution is 9.10. The van der Waals surface area contributed by atoms with Crippen LogP contribution in [0.3, 0.4) is 0 Å². The number of thioether (sulfide) groups is 1. The van der Waals surface area contributed by atoms with Crippen molar-refractivity contribution in [2.75, 3.05) is 12.9 Å². The lowest BCUT2D eigenvalue weighted by molar-refractivity contribution is -0.135. The molecule has 0 spiro atoms. The number of halogens is 2. The number of hydrogen-bond donors (Lipinski definition) is 0. The Morgan fingerprint density at radius 3 is 3.00 bits per heavy atom. The van der Waals surface area contributed by atoms with E-state index >= 15 is 0 Å². The van der Waals surface area contributed by atoms with Crippen molar-refractivity contribution in [1.29, 1.82) is 0 Å². The molecular weight excluding hydrogens is 295 g/mol. The van der Waals surface area contributed by atoms with E-state index in [0.717, 1.165) is 4.90 Å². The second-order valence-corrected chi connectivity index (χ2v) is 5.03. The standard InChI is InChI=1S/C11H8BrFO2S/c1-15-11(14)6-4-7-9(16-5-6)3-2-8(13)10(7)12/h2-4H,5H2,1H3. The SMILES string of the molecule is COC(=O)C1=Cc2c(ccc(F)c2Br)SC1. The Kier molecular flexibility index (Phi) is 3.35. The zero-order valence-electron chi connectivity index (χ0n) is 8.42. The summed E-state index contributed by atoms with van der Waals surface area (Å²) in [5.41, 5.74) is 1.25. The van der Waals surface area contributed by atoms with E-state index in [1.807, 2.05) is 0 Å². The van der Waals surface area contributed by atoms with Crippen molar-refractivity contribution >= 4 is 39.7 Å². The highest BCUT2D eigenvalue weighted by Crippen LogP contribution is 2.37. The topological polar surface area (TPSA) is 26.3 Å². The molecule has 1 heterocycles. The summed E-state index contributed by atoms with van der Waals surface area (Å²) in [6.07, 6.45) is 1.67. The van der Waals surface area contributed by atoms with Gasteiger partial charge in [-0.3, -0.25) is 0 Å². The number of fused-ring (bicyclic) bond motifs is 1. The maximum atomic E-state index is 13.3. The van der Waals surface area contributed by atoms with Gasteiger partial charge in [0.1, 0.15) is 5.82 Å². The fourth-order valence-corrected chi connectivity index (χ4v) is 3.01. The minimum Gasteiger partial charge on any atom is -0.466 e. The van der Waals surface area contributed by atoms with E-state index in [-0.39, 0.29) is 11.8 Å². The van der Waals surface area contributed by atoms with Crippen molar-refractivity contribution in [3.8, 4) is 0 Å². The minimum atomic E-state index is -0.366. The number of hydrogen-bond acceptors (Lipinski definition) is 3. The van der Waals surface area contributed by atoms with Gasteiger partial charge in [0.2, 0.25) is 0 Å². The third-order valence-corrected chi connectivity index (χ3v) is 4.17. The molecule has 1 aliphatic heterocycles. The van der Waals surface area contributed by atoms with Crippen LogP contribution in [0, 0.1) is 5.82 Å². The molecule has 84 valence electrons. The van der Waals surface area contributed by atoms with E-state index in [0.29, 0.717) is 21.4 Å². The zero-order valence-corrected chi connectivity index (χ0v) is 10.8. The van der Waals surface area contributed by atoms with Crippen LogP contribution in [0.25, 0.3) is 6.08 Å². The zero-order chi connectivity index (χ0) is 11.7. The Hall–Kier alpha value is -0.810. The molecule has 0 aliphatic carbocycles. The Morgan fingerprint density at radius 1 is 1.56 bits per heavy atom. The van der Waals surface area contributed by atoms with E-state index < -0.39 is 0 Å². The maximum Gasteiger partial charge on any atom is 0.334 e. The van der Waals surface area contributed by atoms with Gasteiger partial charge in [-0.1, -0.05) is 0 Å². The maximum absolute atomic E-state index is 13.3. The van der Waals surface area contributed by atoms with Crippen molar-refractivity contribution in [3.05, 3.63) is 33.6 Å². The van der Waals surface area contributed by atoms with Crippen molar-refractivity contribution in [2.45, 2.75) is 4.90 Å². The fraction of sp³-hybridized carbons (Fsp3) is 0.182. The number of rotatable bonds is 1. The molecular formula is C11H8BrFO2S.